The Morgan fingerprint density at radius 2 is 0.905 bits per heavy atom. The van der Waals surface area contributed by atoms with Gasteiger partial charge in [-0.05, 0) is 35.4 Å². The van der Waals surface area contributed by atoms with E-state index in [1.54, 1.807) is 48.3 Å². The van der Waals surface area contributed by atoms with Crippen LogP contribution in [-0.4, -0.2) is 48.9 Å². The van der Waals surface area contributed by atoms with Crippen LogP contribution in [0.2, 0.25) is 0 Å². The van der Waals surface area contributed by atoms with E-state index in [2.05, 4.69) is 0 Å². The van der Waals surface area contributed by atoms with E-state index in [9.17, 15) is 9.59 Å². The molecule has 0 aliphatic rings. The van der Waals surface area contributed by atoms with Crippen molar-refractivity contribution in [3.63, 3.8) is 0 Å². The van der Waals surface area contributed by atoms with E-state index in [1.165, 1.54) is 0 Å². The predicted molar refractivity (Wildman–Crippen MR) is 168 cm³/mol. The number of carbonyl (C=O) groups excluding carboxylic acids is 2. The zero-order chi connectivity index (χ0) is 29.6. The van der Waals surface area contributed by atoms with Crippen LogP contribution in [-0.2, 0) is 22.7 Å². The molecule has 0 atom stereocenters. The van der Waals surface area contributed by atoms with E-state index in [-0.39, 0.29) is 11.8 Å². The zero-order valence-electron chi connectivity index (χ0n) is 24.1. The number of ether oxygens (including phenoxy) is 2. The van der Waals surface area contributed by atoms with Crippen molar-refractivity contribution < 1.29 is 19.1 Å². The summed E-state index contributed by atoms with van der Waals surface area (Å²) in [4.78, 5) is 30.5. The van der Waals surface area contributed by atoms with Crippen LogP contribution in [0.15, 0.2) is 121 Å². The Morgan fingerprint density at radius 1 is 0.548 bits per heavy atom. The highest BCUT2D eigenvalue weighted by Crippen LogP contribution is 2.20. The first-order valence-corrected chi connectivity index (χ1v) is 13.8. The number of carbonyl (C=O) groups is 2. The average molecular weight is 561 g/mol. The molecule has 0 aromatic heterocycles. The normalized spacial score (nSPS) is 11.0. The van der Waals surface area contributed by atoms with Crippen LogP contribution in [0.4, 0.5) is 0 Å². The van der Waals surface area contributed by atoms with Crippen LogP contribution < -0.4 is 9.47 Å². The van der Waals surface area contributed by atoms with E-state index in [0.717, 1.165) is 22.3 Å². The minimum atomic E-state index is -0.151. The van der Waals surface area contributed by atoms with Crippen molar-refractivity contribution in [2.75, 3.05) is 27.3 Å². The topological polar surface area (TPSA) is 59.1 Å². The van der Waals surface area contributed by atoms with Crippen molar-refractivity contribution >= 4 is 24.0 Å². The molecule has 0 heterocycles. The third-order valence-corrected chi connectivity index (χ3v) is 6.78. The molecule has 214 valence electrons. The van der Waals surface area contributed by atoms with Crippen LogP contribution in [0.3, 0.4) is 0 Å². The van der Waals surface area contributed by atoms with Gasteiger partial charge in [0, 0.05) is 49.5 Å². The number of hydrogen-bond acceptors (Lipinski definition) is 4. The van der Waals surface area contributed by atoms with Gasteiger partial charge < -0.3 is 19.3 Å². The maximum Gasteiger partial charge on any atom is 0.246 e. The van der Waals surface area contributed by atoms with Gasteiger partial charge in [-0.15, -0.1) is 0 Å². The third-order valence-electron chi connectivity index (χ3n) is 6.78. The Bertz CT molecular complexity index is 1380. The second kappa shape index (κ2) is 15.6. The predicted octanol–water partition coefficient (Wildman–Crippen LogP) is 6.49. The lowest BCUT2D eigenvalue weighted by molar-refractivity contribution is -0.130. The van der Waals surface area contributed by atoms with Gasteiger partial charge in [0.25, 0.3) is 0 Å². The van der Waals surface area contributed by atoms with Gasteiger partial charge in [-0.2, -0.15) is 0 Å². The molecule has 6 nitrogen and oxygen atoms in total. The van der Waals surface area contributed by atoms with Crippen molar-refractivity contribution in [2.24, 2.45) is 0 Å². The van der Waals surface area contributed by atoms with Crippen molar-refractivity contribution in [1.29, 1.82) is 0 Å². The first kappa shape index (κ1) is 29.9. The molecule has 0 bridgehead atoms. The highest BCUT2D eigenvalue weighted by molar-refractivity contribution is 5.93. The Balaban J connectivity index is 1.55. The molecule has 4 aromatic carbocycles. The van der Waals surface area contributed by atoms with E-state index >= 15 is 0 Å². The highest BCUT2D eigenvalue weighted by atomic mass is 16.5. The molecule has 4 rings (SSSR count). The zero-order valence-corrected chi connectivity index (χ0v) is 24.1. The second-order valence-electron chi connectivity index (χ2n) is 9.64. The van der Waals surface area contributed by atoms with Gasteiger partial charge in [0.05, 0.1) is 14.2 Å². The first-order valence-electron chi connectivity index (χ1n) is 13.8. The van der Waals surface area contributed by atoms with Gasteiger partial charge in [0.15, 0.2) is 0 Å². The van der Waals surface area contributed by atoms with Crippen LogP contribution >= 0.6 is 0 Å². The van der Waals surface area contributed by atoms with E-state index in [1.807, 2.05) is 109 Å². The maximum absolute atomic E-state index is 13.5. The summed E-state index contributed by atoms with van der Waals surface area (Å²) in [5.74, 6) is 1.08. The monoisotopic (exact) mass is 560 g/mol. The van der Waals surface area contributed by atoms with Gasteiger partial charge in [-0.3, -0.25) is 9.59 Å². The molecule has 0 fully saturated rings. The SMILES string of the molecule is COc1ccccc1C=CC(=O)N(CCN(Cc1ccccc1)C(=O)C=Cc1ccccc1OC)Cc1ccccc1. The van der Waals surface area contributed by atoms with Crippen molar-refractivity contribution in [3.05, 3.63) is 144 Å². The summed E-state index contributed by atoms with van der Waals surface area (Å²) in [6.07, 6.45) is 6.65. The lowest BCUT2D eigenvalue weighted by atomic mass is 10.1. The van der Waals surface area contributed by atoms with E-state index in [0.29, 0.717) is 37.7 Å². The Morgan fingerprint density at radius 3 is 1.29 bits per heavy atom. The molecule has 0 aliphatic heterocycles. The molecule has 0 saturated heterocycles. The minimum absolute atomic E-state index is 0.151. The van der Waals surface area contributed by atoms with Gasteiger partial charge >= 0.3 is 0 Å². The average Bonchev–Trinajstić information content (AvgIpc) is 3.04. The standard InChI is InChI=1S/C36H36N2O4/c1-41-33-19-11-9-17-31(33)21-23-35(39)37(27-29-13-5-3-6-14-29)25-26-38(28-30-15-7-4-8-16-30)36(40)24-22-32-18-10-12-20-34(32)42-2/h3-24H,25-28H2,1-2H3. The van der Waals surface area contributed by atoms with Gasteiger partial charge in [-0.1, -0.05) is 97.1 Å². The number of rotatable bonds is 13. The van der Waals surface area contributed by atoms with Crippen LogP contribution in [0, 0.1) is 0 Å². The molecule has 0 saturated carbocycles. The number of methoxy groups -OCH3 is 2. The van der Waals surface area contributed by atoms with E-state index < -0.39 is 0 Å². The summed E-state index contributed by atoms with van der Waals surface area (Å²) in [6, 6.07) is 34.8. The molecule has 6 heteroatoms. The first-order chi connectivity index (χ1) is 20.6. The van der Waals surface area contributed by atoms with Gasteiger partial charge in [0.1, 0.15) is 11.5 Å². The smallest absolute Gasteiger partial charge is 0.246 e. The van der Waals surface area contributed by atoms with Crippen LogP contribution in [0.25, 0.3) is 12.2 Å². The molecule has 0 aliphatic carbocycles. The third kappa shape index (κ3) is 8.70. The summed E-state index contributed by atoms with van der Waals surface area (Å²) in [7, 11) is 3.22. The molecule has 4 aromatic rings. The fourth-order valence-electron chi connectivity index (χ4n) is 4.52. The number of para-hydroxylation sites is 2. The number of benzene rings is 4. The quantitative estimate of drug-likeness (QED) is 0.176. The maximum atomic E-state index is 13.5. The minimum Gasteiger partial charge on any atom is -0.496 e. The Hall–Kier alpha value is -5.10. The van der Waals surface area contributed by atoms with Crippen molar-refractivity contribution in [2.45, 2.75) is 13.1 Å². The summed E-state index contributed by atoms with van der Waals surface area (Å²) in [5.41, 5.74) is 3.65. The van der Waals surface area contributed by atoms with E-state index in [4.69, 9.17) is 9.47 Å². The van der Waals surface area contributed by atoms with Crippen molar-refractivity contribution in [3.8, 4) is 11.5 Å². The highest BCUT2D eigenvalue weighted by Gasteiger charge is 2.17. The Labute approximate surface area is 248 Å². The van der Waals surface area contributed by atoms with Crippen LogP contribution in [0.1, 0.15) is 22.3 Å². The van der Waals surface area contributed by atoms with Crippen LogP contribution in [0.5, 0.6) is 11.5 Å². The summed E-state index contributed by atoms with van der Waals surface area (Å²) >= 11 is 0. The molecular weight excluding hydrogens is 524 g/mol. The molecule has 0 spiro atoms. The molecule has 0 N–H and O–H groups in total. The summed E-state index contributed by atoms with van der Waals surface area (Å²) in [5, 5.41) is 0. The van der Waals surface area contributed by atoms with Gasteiger partial charge in [-0.25, -0.2) is 0 Å². The number of amides is 2. The fraction of sp³-hybridized carbons (Fsp3) is 0.167. The second-order valence-corrected chi connectivity index (χ2v) is 9.64. The lowest BCUT2D eigenvalue weighted by Gasteiger charge is -2.27. The molecule has 2 amide bonds. The van der Waals surface area contributed by atoms with Gasteiger partial charge in [0.2, 0.25) is 11.8 Å². The Kier molecular flexibility index (Phi) is 11.1. The molecular formula is C36H36N2O4. The lowest BCUT2D eigenvalue weighted by Crippen LogP contribution is -2.39. The number of nitrogens with zero attached hydrogens (tertiary/aromatic N) is 2. The molecule has 0 radical (unpaired) electrons. The van der Waals surface area contributed by atoms with Crippen molar-refractivity contribution in [1.82, 2.24) is 9.80 Å². The number of hydrogen-bond donors (Lipinski definition) is 0. The fourth-order valence-corrected chi connectivity index (χ4v) is 4.52. The molecule has 0 unspecified atom stereocenters. The summed E-state index contributed by atoms with van der Waals surface area (Å²) in [6.45, 7) is 1.54. The largest absolute Gasteiger partial charge is 0.496 e. The molecule has 42 heavy (non-hydrogen) atoms. The summed E-state index contributed by atoms with van der Waals surface area (Å²) < 4.78 is 10.9.